The first-order valence-corrected chi connectivity index (χ1v) is 7.22. The monoisotopic (exact) mass is 276 g/mol. The van der Waals surface area contributed by atoms with E-state index in [0.717, 1.165) is 37.9 Å². The van der Waals surface area contributed by atoms with Gasteiger partial charge in [0.2, 0.25) is 5.91 Å². The van der Waals surface area contributed by atoms with Gasteiger partial charge in [-0.25, -0.2) is 0 Å². The van der Waals surface area contributed by atoms with E-state index in [9.17, 15) is 4.79 Å². The number of hydrogen-bond acceptors (Lipinski definition) is 4. The van der Waals surface area contributed by atoms with Crippen molar-refractivity contribution in [3.05, 3.63) is 30.1 Å². The zero-order chi connectivity index (χ0) is 13.8. The van der Waals surface area contributed by atoms with Gasteiger partial charge in [-0.05, 0) is 18.1 Å². The maximum atomic E-state index is 12.2. The Labute approximate surface area is 118 Å². The van der Waals surface area contributed by atoms with Crippen molar-refractivity contribution in [3.8, 4) is 0 Å². The predicted molar refractivity (Wildman–Crippen MR) is 73.0 cm³/mol. The number of rotatable bonds is 3. The summed E-state index contributed by atoms with van der Waals surface area (Å²) in [6, 6.07) is 3.91. The van der Waals surface area contributed by atoms with Crippen molar-refractivity contribution in [2.45, 2.75) is 31.5 Å². The number of piperidine rings is 1. The molecule has 0 N–H and O–H groups in total. The summed E-state index contributed by atoms with van der Waals surface area (Å²) in [6.07, 6.45) is 6.43. The second-order valence-electron chi connectivity index (χ2n) is 5.35. The lowest BCUT2D eigenvalue weighted by atomic mass is 10.0. The Morgan fingerprint density at radius 3 is 2.70 bits per heavy atom. The minimum absolute atomic E-state index is 0.210. The molecule has 0 bridgehead atoms. The second-order valence-corrected chi connectivity index (χ2v) is 5.35. The molecular formula is C15H20N2O3. The standard InChI is InChI=1S/C15H20N2O3/c18-14(4-3-13-2-1-7-16-12-13)17-8-5-15(6-9-17)19-10-11-20-15/h1-2,7,12H,3-6,8-11H2. The lowest BCUT2D eigenvalue weighted by Gasteiger charge is -2.37. The summed E-state index contributed by atoms with van der Waals surface area (Å²) >= 11 is 0. The first-order valence-electron chi connectivity index (χ1n) is 7.22. The van der Waals surface area contributed by atoms with Gasteiger partial charge < -0.3 is 14.4 Å². The fraction of sp³-hybridized carbons (Fsp3) is 0.600. The van der Waals surface area contributed by atoms with E-state index in [0.29, 0.717) is 19.6 Å². The van der Waals surface area contributed by atoms with E-state index in [-0.39, 0.29) is 5.91 Å². The van der Waals surface area contributed by atoms with E-state index in [1.807, 2.05) is 23.2 Å². The molecule has 0 aromatic carbocycles. The van der Waals surface area contributed by atoms with Gasteiger partial charge in [0.15, 0.2) is 5.79 Å². The van der Waals surface area contributed by atoms with Crippen molar-refractivity contribution in [1.29, 1.82) is 0 Å². The molecule has 3 rings (SSSR count). The second kappa shape index (κ2) is 5.89. The van der Waals surface area contributed by atoms with E-state index in [1.54, 1.807) is 6.20 Å². The topological polar surface area (TPSA) is 51.7 Å². The molecule has 2 aliphatic rings. The Hall–Kier alpha value is -1.46. The Kier molecular flexibility index (Phi) is 3.98. The summed E-state index contributed by atoms with van der Waals surface area (Å²) in [5.41, 5.74) is 1.11. The van der Waals surface area contributed by atoms with Crippen LogP contribution in [0.5, 0.6) is 0 Å². The number of carbonyl (C=O) groups is 1. The predicted octanol–water partition coefficient (Wildman–Crippen LogP) is 1.38. The Morgan fingerprint density at radius 2 is 2.05 bits per heavy atom. The van der Waals surface area contributed by atoms with E-state index in [2.05, 4.69) is 4.98 Å². The normalized spacial score (nSPS) is 21.3. The highest BCUT2D eigenvalue weighted by Gasteiger charge is 2.40. The molecule has 20 heavy (non-hydrogen) atoms. The molecule has 5 nitrogen and oxygen atoms in total. The average Bonchev–Trinajstić information content (AvgIpc) is 2.95. The largest absolute Gasteiger partial charge is 0.347 e. The number of carbonyl (C=O) groups excluding carboxylic acids is 1. The number of pyridine rings is 1. The quantitative estimate of drug-likeness (QED) is 0.837. The molecule has 2 aliphatic heterocycles. The highest BCUT2D eigenvalue weighted by molar-refractivity contribution is 5.76. The third-order valence-electron chi connectivity index (χ3n) is 4.04. The SMILES string of the molecule is O=C(CCc1cccnc1)N1CCC2(CC1)OCCO2. The summed E-state index contributed by atoms with van der Waals surface area (Å²) < 4.78 is 11.3. The summed E-state index contributed by atoms with van der Waals surface area (Å²) in [6.45, 7) is 2.81. The number of aryl methyl sites for hydroxylation is 1. The lowest BCUT2D eigenvalue weighted by Crippen LogP contribution is -2.47. The van der Waals surface area contributed by atoms with Crippen molar-refractivity contribution in [3.63, 3.8) is 0 Å². The van der Waals surface area contributed by atoms with Crippen LogP contribution in [0.1, 0.15) is 24.8 Å². The maximum Gasteiger partial charge on any atom is 0.222 e. The van der Waals surface area contributed by atoms with Gasteiger partial charge in [-0.15, -0.1) is 0 Å². The zero-order valence-electron chi connectivity index (χ0n) is 11.6. The number of hydrogen-bond donors (Lipinski definition) is 0. The zero-order valence-corrected chi connectivity index (χ0v) is 11.6. The molecular weight excluding hydrogens is 256 g/mol. The summed E-state index contributed by atoms with van der Waals surface area (Å²) in [5, 5.41) is 0. The molecule has 0 aliphatic carbocycles. The van der Waals surface area contributed by atoms with E-state index >= 15 is 0 Å². The molecule has 1 amide bonds. The number of amides is 1. The highest BCUT2D eigenvalue weighted by atomic mass is 16.7. The Morgan fingerprint density at radius 1 is 1.30 bits per heavy atom. The molecule has 2 fully saturated rings. The smallest absolute Gasteiger partial charge is 0.222 e. The minimum atomic E-state index is -0.403. The minimum Gasteiger partial charge on any atom is -0.347 e. The van der Waals surface area contributed by atoms with Gasteiger partial charge in [-0.2, -0.15) is 0 Å². The van der Waals surface area contributed by atoms with Gasteiger partial charge in [0.1, 0.15) is 0 Å². The van der Waals surface area contributed by atoms with Crippen molar-refractivity contribution in [2.24, 2.45) is 0 Å². The van der Waals surface area contributed by atoms with Crippen LogP contribution < -0.4 is 0 Å². The molecule has 0 atom stereocenters. The van der Waals surface area contributed by atoms with Crippen LogP contribution >= 0.6 is 0 Å². The van der Waals surface area contributed by atoms with E-state index in [1.165, 1.54) is 0 Å². The van der Waals surface area contributed by atoms with Crippen LogP contribution in [0.15, 0.2) is 24.5 Å². The molecule has 1 aromatic heterocycles. The molecule has 0 saturated carbocycles. The molecule has 1 spiro atoms. The highest BCUT2D eigenvalue weighted by Crippen LogP contribution is 2.31. The van der Waals surface area contributed by atoms with Crippen LogP contribution in [-0.2, 0) is 20.7 Å². The maximum absolute atomic E-state index is 12.2. The fourth-order valence-electron chi connectivity index (χ4n) is 2.84. The van der Waals surface area contributed by atoms with Crippen LogP contribution in [0.25, 0.3) is 0 Å². The first-order chi connectivity index (χ1) is 9.77. The molecule has 108 valence electrons. The third kappa shape index (κ3) is 2.99. The van der Waals surface area contributed by atoms with Crippen LogP contribution in [-0.4, -0.2) is 47.9 Å². The number of nitrogens with zero attached hydrogens (tertiary/aromatic N) is 2. The average molecular weight is 276 g/mol. The van der Waals surface area contributed by atoms with E-state index in [4.69, 9.17) is 9.47 Å². The third-order valence-corrected chi connectivity index (χ3v) is 4.04. The van der Waals surface area contributed by atoms with Crippen LogP contribution in [0.4, 0.5) is 0 Å². The number of ether oxygens (including phenoxy) is 2. The van der Waals surface area contributed by atoms with Crippen molar-refractivity contribution in [2.75, 3.05) is 26.3 Å². The van der Waals surface area contributed by atoms with Crippen LogP contribution in [0.2, 0.25) is 0 Å². The van der Waals surface area contributed by atoms with Gasteiger partial charge in [0.25, 0.3) is 0 Å². The Bertz CT molecular complexity index is 447. The summed E-state index contributed by atoms with van der Waals surface area (Å²) in [4.78, 5) is 18.2. The van der Waals surface area contributed by atoms with Gasteiger partial charge in [0, 0.05) is 44.7 Å². The molecule has 2 saturated heterocycles. The molecule has 0 unspecified atom stereocenters. The van der Waals surface area contributed by atoms with E-state index < -0.39 is 5.79 Å². The van der Waals surface area contributed by atoms with Gasteiger partial charge in [-0.3, -0.25) is 9.78 Å². The van der Waals surface area contributed by atoms with Crippen molar-refractivity contribution >= 4 is 5.91 Å². The lowest BCUT2D eigenvalue weighted by molar-refractivity contribution is -0.187. The van der Waals surface area contributed by atoms with Gasteiger partial charge >= 0.3 is 0 Å². The number of likely N-dealkylation sites (tertiary alicyclic amines) is 1. The van der Waals surface area contributed by atoms with Crippen LogP contribution in [0.3, 0.4) is 0 Å². The molecule has 0 radical (unpaired) electrons. The molecule has 1 aromatic rings. The summed E-state index contributed by atoms with van der Waals surface area (Å²) in [5.74, 6) is -0.193. The first kappa shape index (κ1) is 13.5. The summed E-state index contributed by atoms with van der Waals surface area (Å²) in [7, 11) is 0. The number of aromatic nitrogens is 1. The van der Waals surface area contributed by atoms with Gasteiger partial charge in [-0.1, -0.05) is 6.07 Å². The molecule has 5 heteroatoms. The van der Waals surface area contributed by atoms with Gasteiger partial charge in [0.05, 0.1) is 13.2 Å². The van der Waals surface area contributed by atoms with Crippen molar-refractivity contribution < 1.29 is 14.3 Å². The Balaban J connectivity index is 1.47. The van der Waals surface area contributed by atoms with Crippen LogP contribution in [0, 0.1) is 0 Å². The van der Waals surface area contributed by atoms with Crippen molar-refractivity contribution in [1.82, 2.24) is 9.88 Å². The molecule has 3 heterocycles. The fourth-order valence-corrected chi connectivity index (χ4v) is 2.84.